The van der Waals surface area contributed by atoms with Crippen molar-refractivity contribution in [1.29, 1.82) is 0 Å². The number of esters is 1. The van der Waals surface area contributed by atoms with Crippen molar-refractivity contribution in [1.82, 2.24) is 0 Å². The van der Waals surface area contributed by atoms with Crippen molar-refractivity contribution >= 4 is 11.9 Å². The predicted molar refractivity (Wildman–Crippen MR) is 52.9 cm³/mol. The zero-order valence-corrected chi connectivity index (χ0v) is 9.18. The van der Waals surface area contributed by atoms with E-state index < -0.39 is 36.4 Å². The van der Waals surface area contributed by atoms with E-state index in [-0.39, 0.29) is 6.61 Å². The number of aliphatic carboxylic acids is 1. The van der Waals surface area contributed by atoms with Gasteiger partial charge in [0.05, 0.1) is 6.61 Å². The number of hydrogen-bond acceptors (Lipinski definition) is 7. The molecule has 0 spiro atoms. The van der Waals surface area contributed by atoms with Gasteiger partial charge >= 0.3 is 11.9 Å². The van der Waals surface area contributed by atoms with Crippen LogP contribution in [-0.2, 0) is 14.3 Å². The summed E-state index contributed by atoms with van der Waals surface area (Å²) in [5, 5.41) is 44.9. The number of carboxylic acids is 1. The maximum atomic E-state index is 11.1. The maximum Gasteiger partial charge on any atom is 0.337 e. The lowest BCUT2D eigenvalue weighted by Gasteiger charge is -2.23. The molecule has 4 atom stereocenters. The zero-order valence-electron chi connectivity index (χ0n) is 9.18. The first-order valence-electron chi connectivity index (χ1n) is 4.94. The summed E-state index contributed by atoms with van der Waals surface area (Å²) in [6.07, 6.45) is -8.28. The summed E-state index contributed by atoms with van der Waals surface area (Å²) in [4.78, 5) is 21.4. The molecule has 5 N–H and O–H groups in total. The Morgan fingerprint density at radius 1 is 1.06 bits per heavy atom. The lowest BCUT2D eigenvalue weighted by molar-refractivity contribution is -0.176. The van der Waals surface area contributed by atoms with E-state index in [1.807, 2.05) is 0 Å². The summed E-state index contributed by atoms with van der Waals surface area (Å²) in [5.41, 5.74) is 0. The van der Waals surface area contributed by atoms with Gasteiger partial charge in [-0.25, -0.2) is 9.59 Å². The van der Waals surface area contributed by atoms with E-state index in [2.05, 4.69) is 4.74 Å². The van der Waals surface area contributed by atoms with Crippen LogP contribution in [0.15, 0.2) is 0 Å². The van der Waals surface area contributed by atoms with Gasteiger partial charge in [-0.3, -0.25) is 0 Å². The monoisotopic (exact) mass is 252 g/mol. The smallest absolute Gasteiger partial charge is 0.337 e. The minimum atomic E-state index is -2.31. The molecular formula is C9H16O8. The van der Waals surface area contributed by atoms with Crippen molar-refractivity contribution in [2.24, 2.45) is 0 Å². The van der Waals surface area contributed by atoms with Crippen molar-refractivity contribution in [3.63, 3.8) is 0 Å². The second kappa shape index (κ2) is 7.17. The van der Waals surface area contributed by atoms with Crippen LogP contribution in [0, 0.1) is 0 Å². The third-order valence-electron chi connectivity index (χ3n) is 1.94. The Bertz CT molecular complexity index is 266. The number of aliphatic hydroxyl groups is 4. The molecule has 0 aromatic heterocycles. The highest BCUT2D eigenvalue weighted by Gasteiger charge is 2.38. The second-order valence-corrected chi connectivity index (χ2v) is 3.38. The SMILES string of the molecule is CCCOC(=O)[C@@H](O)[C@@H](O)[C@H](O)[C@H](O)C(=O)O. The minimum Gasteiger partial charge on any atom is -0.479 e. The number of rotatable bonds is 7. The summed E-state index contributed by atoms with van der Waals surface area (Å²) >= 11 is 0. The summed E-state index contributed by atoms with van der Waals surface area (Å²) < 4.78 is 4.48. The van der Waals surface area contributed by atoms with E-state index in [1.165, 1.54) is 0 Å². The van der Waals surface area contributed by atoms with Crippen molar-refractivity contribution in [2.45, 2.75) is 37.8 Å². The van der Waals surface area contributed by atoms with Gasteiger partial charge in [-0.05, 0) is 6.42 Å². The Labute approximate surface area is 97.1 Å². The molecule has 0 radical (unpaired) electrons. The Kier molecular flexibility index (Phi) is 6.66. The normalized spacial score (nSPS) is 17.9. The molecule has 8 nitrogen and oxygen atoms in total. The third kappa shape index (κ3) is 4.65. The Morgan fingerprint density at radius 2 is 1.53 bits per heavy atom. The highest BCUT2D eigenvalue weighted by atomic mass is 16.5. The van der Waals surface area contributed by atoms with Gasteiger partial charge in [0, 0.05) is 0 Å². The zero-order chi connectivity index (χ0) is 13.6. The first kappa shape index (κ1) is 15.8. The topological polar surface area (TPSA) is 145 Å². The molecule has 0 unspecified atom stereocenters. The fourth-order valence-electron chi connectivity index (χ4n) is 0.947. The van der Waals surface area contributed by atoms with Crippen LogP contribution in [-0.4, -0.2) is 68.5 Å². The van der Waals surface area contributed by atoms with Crippen molar-refractivity contribution in [3.8, 4) is 0 Å². The van der Waals surface area contributed by atoms with Crippen LogP contribution in [0.25, 0.3) is 0 Å². The van der Waals surface area contributed by atoms with E-state index in [9.17, 15) is 19.8 Å². The molecular weight excluding hydrogens is 236 g/mol. The molecule has 0 bridgehead atoms. The summed E-state index contributed by atoms with van der Waals surface area (Å²) in [6.45, 7) is 1.72. The van der Waals surface area contributed by atoms with Crippen LogP contribution in [0.4, 0.5) is 0 Å². The summed E-state index contributed by atoms with van der Waals surface area (Å²) in [5.74, 6) is -2.98. The highest BCUT2D eigenvalue weighted by Crippen LogP contribution is 2.07. The Hall–Kier alpha value is -1.22. The van der Waals surface area contributed by atoms with Crippen molar-refractivity contribution in [3.05, 3.63) is 0 Å². The van der Waals surface area contributed by atoms with Crippen LogP contribution >= 0.6 is 0 Å². The average Bonchev–Trinajstić information content (AvgIpc) is 2.31. The van der Waals surface area contributed by atoms with Gasteiger partial charge in [0.15, 0.2) is 12.2 Å². The summed E-state index contributed by atoms with van der Waals surface area (Å²) in [7, 11) is 0. The largest absolute Gasteiger partial charge is 0.479 e. The number of ether oxygens (including phenoxy) is 1. The molecule has 0 aliphatic heterocycles. The van der Waals surface area contributed by atoms with Crippen LogP contribution in [0.1, 0.15) is 13.3 Å². The fourth-order valence-corrected chi connectivity index (χ4v) is 0.947. The number of aliphatic hydroxyl groups excluding tert-OH is 4. The minimum absolute atomic E-state index is 0.0141. The van der Waals surface area contributed by atoms with Gasteiger partial charge in [0.1, 0.15) is 12.2 Å². The van der Waals surface area contributed by atoms with Crippen LogP contribution in [0.5, 0.6) is 0 Å². The second-order valence-electron chi connectivity index (χ2n) is 3.38. The summed E-state index contributed by atoms with van der Waals surface area (Å²) in [6, 6.07) is 0. The van der Waals surface area contributed by atoms with Gasteiger partial charge < -0.3 is 30.3 Å². The average molecular weight is 252 g/mol. The van der Waals surface area contributed by atoms with Gasteiger partial charge in [0.25, 0.3) is 0 Å². The first-order chi connectivity index (χ1) is 7.82. The molecule has 0 fully saturated rings. The maximum absolute atomic E-state index is 11.1. The quantitative estimate of drug-likeness (QED) is 0.312. The molecule has 17 heavy (non-hydrogen) atoms. The molecule has 0 saturated carbocycles. The number of carboxylic acid groups (broad SMARTS) is 1. The Balaban J connectivity index is 4.42. The molecule has 0 aliphatic carbocycles. The lowest BCUT2D eigenvalue weighted by atomic mass is 10.0. The van der Waals surface area contributed by atoms with Gasteiger partial charge in [-0.1, -0.05) is 6.92 Å². The number of carbonyl (C=O) groups excluding carboxylic acids is 1. The Morgan fingerprint density at radius 3 is 1.94 bits per heavy atom. The van der Waals surface area contributed by atoms with E-state index in [0.717, 1.165) is 0 Å². The molecule has 0 heterocycles. The van der Waals surface area contributed by atoms with E-state index in [0.29, 0.717) is 6.42 Å². The highest BCUT2D eigenvalue weighted by molar-refractivity contribution is 5.76. The fraction of sp³-hybridized carbons (Fsp3) is 0.778. The molecule has 0 amide bonds. The van der Waals surface area contributed by atoms with Gasteiger partial charge in [-0.15, -0.1) is 0 Å². The first-order valence-corrected chi connectivity index (χ1v) is 4.94. The van der Waals surface area contributed by atoms with Crippen LogP contribution in [0.3, 0.4) is 0 Å². The predicted octanol–water partition coefficient (Wildman–Crippen LogP) is -2.53. The number of carbonyl (C=O) groups is 2. The third-order valence-corrected chi connectivity index (χ3v) is 1.94. The van der Waals surface area contributed by atoms with E-state index in [1.54, 1.807) is 6.92 Å². The lowest BCUT2D eigenvalue weighted by Crippen LogP contribution is -2.50. The van der Waals surface area contributed by atoms with Crippen LogP contribution < -0.4 is 0 Å². The molecule has 0 aromatic carbocycles. The van der Waals surface area contributed by atoms with Crippen molar-refractivity contribution in [2.75, 3.05) is 6.61 Å². The molecule has 0 rings (SSSR count). The van der Waals surface area contributed by atoms with E-state index >= 15 is 0 Å². The van der Waals surface area contributed by atoms with E-state index in [4.69, 9.17) is 15.3 Å². The standard InChI is InChI=1S/C9H16O8/c1-2-3-17-9(16)7(13)5(11)4(10)6(12)8(14)15/h4-7,10-13H,2-3H2,1H3,(H,14,15)/t4-,5-,6-,7-/m0/s1. The van der Waals surface area contributed by atoms with Crippen molar-refractivity contribution < 1.29 is 39.9 Å². The van der Waals surface area contributed by atoms with Gasteiger partial charge in [-0.2, -0.15) is 0 Å². The molecule has 8 heteroatoms. The van der Waals surface area contributed by atoms with Gasteiger partial charge in [0.2, 0.25) is 0 Å². The molecule has 0 aromatic rings. The van der Waals surface area contributed by atoms with Crippen LogP contribution in [0.2, 0.25) is 0 Å². The molecule has 0 saturated heterocycles. The molecule has 100 valence electrons. The number of hydrogen-bond donors (Lipinski definition) is 5. The molecule has 0 aliphatic rings.